The van der Waals surface area contributed by atoms with Crippen LogP contribution in [0.1, 0.15) is 36.5 Å². The van der Waals surface area contributed by atoms with Crippen LogP contribution >= 0.6 is 0 Å². The Morgan fingerprint density at radius 3 is 2.58 bits per heavy atom. The molecule has 1 saturated carbocycles. The van der Waals surface area contributed by atoms with E-state index in [1.807, 2.05) is 10.9 Å². The van der Waals surface area contributed by atoms with Gasteiger partial charge in [0.2, 0.25) is 0 Å². The molecule has 1 fully saturated rings. The van der Waals surface area contributed by atoms with Crippen LogP contribution < -0.4 is 5.32 Å². The van der Waals surface area contributed by atoms with E-state index in [0.29, 0.717) is 0 Å². The van der Waals surface area contributed by atoms with Crippen LogP contribution in [-0.4, -0.2) is 15.8 Å². The summed E-state index contributed by atoms with van der Waals surface area (Å²) in [5.41, 5.74) is 3.97. The number of benzene rings is 1. The number of nitrogens with zero attached hydrogens (tertiary/aromatic N) is 2. The molecule has 2 aromatic rings. The molecule has 0 aliphatic heterocycles. The SMILES string of the molecule is CCc1ccc(Cn2cc(CNC3CC3)cn2)cc1. The molecule has 0 bridgehead atoms. The lowest BCUT2D eigenvalue weighted by Crippen LogP contribution is -2.14. The van der Waals surface area contributed by atoms with Gasteiger partial charge in [-0.15, -0.1) is 0 Å². The van der Waals surface area contributed by atoms with Crippen LogP contribution in [0.2, 0.25) is 0 Å². The van der Waals surface area contributed by atoms with Crippen molar-refractivity contribution < 1.29 is 0 Å². The minimum atomic E-state index is 0.755. The number of aromatic nitrogens is 2. The highest BCUT2D eigenvalue weighted by Gasteiger charge is 2.20. The first-order valence-corrected chi connectivity index (χ1v) is 7.16. The predicted octanol–water partition coefficient (Wildman–Crippen LogP) is 2.75. The van der Waals surface area contributed by atoms with Crippen molar-refractivity contribution in [3.8, 4) is 0 Å². The molecule has 0 saturated heterocycles. The van der Waals surface area contributed by atoms with Crippen molar-refractivity contribution in [3.63, 3.8) is 0 Å². The summed E-state index contributed by atoms with van der Waals surface area (Å²) >= 11 is 0. The standard InChI is InChI=1S/C16H21N3/c1-2-13-3-5-14(6-4-13)11-19-12-15(10-18-19)9-17-16-7-8-16/h3-6,10,12,16-17H,2,7-9,11H2,1H3. The second kappa shape index (κ2) is 5.57. The van der Waals surface area contributed by atoms with Crippen molar-refractivity contribution in [3.05, 3.63) is 53.3 Å². The fourth-order valence-electron chi connectivity index (χ4n) is 2.20. The van der Waals surface area contributed by atoms with Crippen LogP contribution in [0.25, 0.3) is 0 Å². The fraction of sp³-hybridized carbons (Fsp3) is 0.438. The minimum absolute atomic E-state index is 0.755. The predicted molar refractivity (Wildman–Crippen MR) is 77.0 cm³/mol. The average Bonchev–Trinajstić information content (AvgIpc) is 3.17. The van der Waals surface area contributed by atoms with Gasteiger partial charge in [-0.2, -0.15) is 5.10 Å². The van der Waals surface area contributed by atoms with Gasteiger partial charge in [0, 0.05) is 24.3 Å². The molecule has 0 amide bonds. The van der Waals surface area contributed by atoms with Crippen LogP contribution in [0.3, 0.4) is 0 Å². The number of nitrogens with one attached hydrogen (secondary N) is 1. The van der Waals surface area contributed by atoms with Gasteiger partial charge in [0.1, 0.15) is 0 Å². The smallest absolute Gasteiger partial charge is 0.0659 e. The van der Waals surface area contributed by atoms with Gasteiger partial charge in [-0.1, -0.05) is 31.2 Å². The Bertz CT molecular complexity index is 523. The molecule has 3 rings (SSSR count). The zero-order chi connectivity index (χ0) is 13.1. The monoisotopic (exact) mass is 255 g/mol. The molecule has 3 heteroatoms. The average molecular weight is 255 g/mol. The van der Waals surface area contributed by atoms with Gasteiger partial charge in [-0.3, -0.25) is 4.68 Å². The van der Waals surface area contributed by atoms with Gasteiger partial charge < -0.3 is 5.32 Å². The first-order valence-electron chi connectivity index (χ1n) is 7.16. The van der Waals surface area contributed by atoms with Gasteiger partial charge in [0.15, 0.2) is 0 Å². The zero-order valence-electron chi connectivity index (χ0n) is 11.5. The van der Waals surface area contributed by atoms with Crippen molar-refractivity contribution in [1.82, 2.24) is 15.1 Å². The number of rotatable bonds is 6. The number of aryl methyl sites for hydroxylation is 1. The third-order valence-corrected chi connectivity index (χ3v) is 3.63. The third kappa shape index (κ3) is 3.44. The van der Waals surface area contributed by atoms with E-state index < -0.39 is 0 Å². The molecule has 3 nitrogen and oxygen atoms in total. The van der Waals surface area contributed by atoms with Gasteiger partial charge >= 0.3 is 0 Å². The van der Waals surface area contributed by atoms with Crippen LogP contribution in [0, 0.1) is 0 Å². The second-order valence-electron chi connectivity index (χ2n) is 5.37. The minimum Gasteiger partial charge on any atom is -0.310 e. The summed E-state index contributed by atoms with van der Waals surface area (Å²) in [5.74, 6) is 0. The lowest BCUT2D eigenvalue weighted by atomic mass is 10.1. The molecule has 19 heavy (non-hydrogen) atoms. The van der Waals surface area contributed by atoms with E-state index in [-0.39, 0.29) is 0 Å². The summed E-state index contributed by atoms with van der Waals surface area (Å²) in [4.78, 5) is 0. The largest absolute Gasteiger partial charge is 0.310 e. The zero-order valence-corrected chi connectivity index (χ0v) is 11.5. The molecule has 1 aromatic carbocycles. The lowest BCUT2D eigenvalue weighted by molar-refractivity contribution is 0.675. The van der Waals surface area contributed by atoms with E-state index in [9.17, 15) is 0 Å². The van der Waals surface area contributed by atoms with Crippen LogP contribution in [0.15, 0.2) is 36.7 Å². The maximum Gasteiger partial charge on any atom is 0.0659 e. The molecule has 100 valence electrons. The van der Waals surface area contributed by atoms with E-state index in [1.54, 1.807) is 0 Å². The Morgan fingerprint density at radius 1 is 1.16 bits per heavy atom. The first-order chi connectivity index (χ1) is 9.33. The van der Waals surface area contributed by atoms with Crippen molar-refractivity contribution in [2.45, 2.75) is 45.3 Å². The summed E-state index contributed by atoms with van der Waals surface area (Å²) in [6.45, 7) is 3.98. The van der Waals surface area contributed by atoms with E-state index in [0.717, 1.165) is 25.6 Å². The van der Waals surface area contributed by atoms with Crippen LogP contribution in [0.4, 0.5) is 0 Å². The van der Waals surface area contributed by atoms with E-state index in [1.165, 1.54) is 29.5 Å². The summed E-state index contributed by atoms with van der Waals surface area (Å²) < 4.78 is 2.02. The van der Waals surface area contributed by atoms with Crippen LogP contribution in [0.5, 0.6) is 0 Å². The molecular formula is C16H21N3. The molecule has 1 heterocycles. The quantitative estimate of drug-likeness (QED) is 0.860. The number of hydrogen-bond acceptors (Lipinski definition) is 2. The molecular weight excluding hydrogens is 234 g/mol. The van der Waals surface area contributed by atoms with E-state index in [2.05, 4.69) is 47.8 Å². The summed E-state index contributed by atoms with van der Waals surface area (Å²) in [5, 5.41) is 7.94. The highest BCUT2D eigenvalue weighted by Crippen LogP contribution is 2.19. The van der Waals surface area contributed by atoms with E-state index in [4.69, 9.17) is 0 Å². The van der Waals surface area contributed by atoms with Crippen molar-refractivity contribution in [1.29, 1.82) is 0 Å². The van der Waals surface area contributed by atoms with Gasteiger partial charge in [0.05, 0.1) is 12.7 Å². The van der Waals surface area contributed by atoms with Crippen molar-refractivity contribution in [2.75, 3.05) is 0 Å². The second-order valence-corrected chi connectivity index (χ2v) is 5.37. The molecule has 0 atom stereocenters. The normalized spacial score (nSPS) is 14.8. The molecule has 0 radical (unpaired) electrons. The molecule has 1 aliphatic carbocycles. The Labute approximate surface area is 114 Å². The topological polar surface area (TPSA) is 29.9 Å². The summed E-state index contributed by atoms with van der Waals surface area (Å²) in [6, 6.07) is 9.55. The summed E-state index contributed by atoms with van der Waals surface area (Å²) in [7, 11) is 0. The van der Waals surface area contributed by atoms with Crippen molar-refractivity contribution in [2.24, 2.45) is 0 Å². The van der Waals surface area contributed by atoms with Gasteiger partial charge in [0.25, 0.3) is 0 Å². The highest BCUT2D eigenvalue weighted by atomic mass is 15.3. The Balaban J connectivity index is 1.58. The molecule has 1 aromatic heterocycles. The molecule has 1 N–H and O–H groups in total. The Kier molecular flexibility index (Phi) is 3.65. The summed E-state index contributed by atoms with van der Waals surface area (Å²) in [6.07, 6.45) is 7.87. The maximum atomic E-state index is 4.43. The molecule has 1 aliphatic rings. The highest BCUT2D eigenvalue weighted by molar-refractivity contribution is 5.22. The number of hydrogen-bond donors (Lipinski definition) is 1. The van der Waals surface area contributed by atoms with Crippen molar-refractivity contribution >= 4 is 0 Å². The third-order valence-electron chi connectivity index (χ3n) is 3.63. The Morgan fingerprint density at radius 2 is 1.89 bits per heavy atom. The van der Waals surface area contributed by atoms with Crippen LogP contribution in [-0.2, 0) is 19.5 Å². The Hall–Kier alpha value is -1.61. The lowest BCUT2D eigenvalue weighted by Gasteiger charge is -2.03. The maximum absolute atomic E-state index is 4.43. The molecule has 0 unspecified atom stereocenters. The van der Waals surface area contributed by atoms with E-state index >= 15 is 0 Å². The van der Waals surface area contributed by atoms with Gasteiger partial charge in [-0.05, 0) is 30.4 Å². The van der Waals surface area contributed by atoms with Gasteiger partial charge in [-0.25, -0.2) is 0 Å². The molecule has 0 spiro atoms. The fourth-order valence-corrected chi connectivity index (χ4v) is 2.20. The first kappa shape index (κ1) is 12.4.